The zero-order chi connectivity index (χ0) is 13.0. The number of rotatable bonds is 5. The monoisotopic (exact) mass is 249 g/mol. The number of carbonyl (C=O) groups excluding carboxylic acids is 1. The Morgan fingerprint density at radius 2 is 2.22 bits per heavy atom. The van der Waals surface area contributed by atoms with Crippen LogP contribution in [0.5, 0.6) is 5.75 Å². The van der Waals surface area contributed by atoms with Crippen molar-refractivity contribution in [2.24, 2.45) is 5.73 Å². The predicted octanol–water partition coefficient (Wildman–Crippen LogP) is 1.77. The second-order valence-corrected chi connectivity index (χ2v) is 4.35. The predicted molar refractivity (Wildman–Crippen MR) is 68.9 cm³/mol. The number of nitrogens with two attached hydrogens (primary N) is 1. The van der Waals surface area contributed by atoms with Crippen LogP contribution in [0, 0.1) is 0 Å². The van der Waals surface area contributed by atoms with Crippen molar-refractivity contribution in [1.82, 2.24) is 0 Å². The summed E-state index contributed by atoms with van der Waals surface area (Å²) >= 11 is 0. The maximum Gasteiger partial charge on any atom is 0.195 e. The minimum absolute atomic E-state index is 0.00463. The summed E-state index contributed by atoms with van der Waals surface area (Å²) < 4.78 is 11.1. The lowest BCUT2D eigenvalue weighted by Crippen LogP contribution is -2.25. The molecule has 0 aliphatic carbocycles. The Kier molecular flexibility index (Phi) is 4.33. The van der Waals surface area contributed by atoms with Crippen molar-refractivity contribution < 1.29 is 14.3 Å². The maximum absolute atomic E-state index is 12.4. The molecule has 18 heavy (non-hydrogen) atoms. The molecule has 2 unspecified atom stereocenters. The molecule has 0 radical (unpaired) electrons. The Morgan fingerprint density at radius 1 is 1.44 bits per heavy atom. The third-order valence-corrected chi connectivity index (χ3v) is 3.12. The molecule has 0 saturated carbocycles. The van der Waals surface area contributed by atoms with Gasteiger partial charge in [0.1, 0.15) is 11.9 Å². The first-order chi connectivity index (χ1) is 8.76. The number of para-hydroxylation sites is 1. The van der Waals surface area contributed by atoms with E-state index in [1.165, 1.54) is 0 Å². The van der Waals surface area contributed by atoms with Gasteiger partial charge in [-0.2, -0.15) is 0 Å². The summed E-state index contributed by atoms with van der Waals surface area (Å²) in [4.78, 5) is 12.4. The summed E-state index contributed by atoms with van der Waals surface area (Å²) in [5, 5.41) is 0. The summed E-state index contributed by atoms with van der Waals surface area (Å²) in [5.74, 6) is 0.625. The molecule has 0 spiro atoms. The van der Waals surface area contributed by atoms with E-state index in [0.29, 0.717) is 24.5 Å². The van der Waals surface area contributed by atoms with Crippen LogP contribution in [-0.2, 0) is 4.74 Å². The molecule has 1 heterocycles. The maximum atomic E-state index is 12.4. The van der Waals surface area contributed by atoms with Gasteiger partial charge in [-0.25, -0.2) is 0 Å². The molecule has 0 amide bonds. The Labute approximate surface area is 107 Å². The Balaban J connectivity index is 2.14. The van der Waals surface area contributed by atoms with Crippen LogP contribution in [0.25, 0.3) is 0 Å². The number of hydrogen-bond donors (Lipinski definition) is 1. The van der Waals surface area contributed by atoms with Gasteiger partial charge in [0, 0.05) is 6.54 Å². The van der Waals surface area contributed by atoms with E-state index in [1.807, 2.05) is 25.1 Å². The number of Topliss-reactive ketones (excluding diaryl/α,β-unsaturated/α-hetero) is 1. The number of ether oxygens (including phenoxy) is 2. The van der Waals surface area contributed by atoms with Crippen LogP contribution in [0.4, 0.5) is 0 Å². The van der Waals surface area contributed by atoms with E-state index in [0.717, 1.165) is 12.8 Å². The zero-order valence-corrected chi connectivity index (χ0v) is 10.6. The highest BCUT2D eigenvalue weighted by atomic mass is 16.5. The Hall–Kier alpha value is -1.39. The SMILES string of the molecule is CCOc1ccccc1C(=O)C1CCC(CN)O1. The van der Waals surface area contributed by atoms with Crippen LogP contribution in [-0.4, -0.2) is 31.1 Å². The first-order valence-electron chi connectivity index (χ1n) is 6.37. The van der Waals surface area contributed by atoms with E-state index in [1.54, 1.807) is 6.07 Å². The smallest absolute Gasteiger partial charge is 0.195 e. The van der Waals surface area contributed by atoms with Crippen LogP contribution in [0.3, 0.4) is 0 Å². The second kappa shape index (κ2) is 5.98. The minimum Gasteiger partial charge on any atom is -0.493 e. The fourth-order valence-corrected chi connectivity index (χ4v) is 2.20. The van der Waals surface area contributed by atoms with E-state index in [2.05, 4.69) is 0 Å². The van der Waals surface area contributed by atoms with E-state index in [9.17, 15) is 4.79 Å². The molecule has 2 rings (SSSR count). The van der Waals surface area contributed by atoms with Crippen LogP contribution < -0.4 is 10.5 Å². The molecule has 1 fully saturated rings. The van der Waals surface area contributed by atoms with Gasteiger partial charge >= 0.3 is 0 Å². The van der Waals surface area contributed by atoms with Gasteiger partial charge in [0.15, 0.2) is 5.78 Å². The summed E-state index contributed by atoms with van der Waals surface area (Å²) in [5.41, 5.74) is 6.15. The van der Waals surface area contributed by atoms with Crippen molar-refractivity contribution in [3.05, 3.63) is 29.8 Å². The number of carbonyl (C=O) groups is 1. The highest BCUT2D eigenvalue weighted by Crippen LogP contribution is 2.26. The third-order valence-electron chi connectivity index (χ3n) is 3.12. The molecule has 98 valence electrons. The molecule has 1 aromatic carbocycles. The highest BCUT2D eigenvalue weighted by molar-refractivity contribution is 6.01. The topological polar surface area (TPSA) is 61.5 Å². The van der Waals surface area contributed by atoms with Gasteiger partial charge in [-0.3, -0.25) is 4.79 Å². The lowest BCUT2D eigenvalue weighted by molar-refractivity contribution is 0.0401. The van der Waals surface area contributed by atoms with E-state index in [-0.39, 0.29) is 18.0 Å². The quantitative estimate of drug-likeness (QED) is 0.808. The third kappa shape index (κ3) is 2.71. The lowest BCUT2D eigenvalue weighted by atomic mass is 10.0. The average molecular weight is 249 g/mol. The van der Waals surface area contributed by atoms with Crippen molar-refractivity contribution in [3.63, 3.8) is 0 Å². The van der Waals surface area contributed by atoms with Gasteiger partial charge in [-0.15, -0.1) is 0 Å². The van der Waals surface area contributed by atoms with Gasteiger partial charge in [0.05, 0.1) is 18.3 Å². The molecule has 0 aromatic heterocycles. The molecular formula is C14H19NO3. The van der Waals surface area contributed by atoms with Crippen molar-refractivity contribution >= 4 is 5.78 Å². The second-order valence-electron chi connectivity index (χ2n) is 4.35. The summed E-state index contributed by atoms with van der Waals surface area (Å²) in [6, 6.07) is 7.30. The molecule has 1 saturated heterocycles. The van der Waals surface area contributed by atoms with Gasteiger partial charge < -0.3 is 15.2 Å². The van der Waals surface area contributed by atoms with E-state index in [4.69, 9.17) is 15.2 Å². The van der Waals surface area contributed by atoms with Crippen molar-refractivity contribution in [1.29, 1.82) is 0 Å². The van der Waals surface area contributed by atoms with E-state index >= 15 is 0 Å². The van der Waals surface area contributed by atoms with E-state index < -0.39 is 0 Å². The Bertz CT molecular complexity index is 419. The van der Waals surface area contributed by atoms with Crippen molar-refractivity contribution in [3.8, 4) is 5.75 Å². The van der Waals surface area contributed by atoms with Gasteiger partial charge in [-0.05, 0) is 31.9 Å². The molecule has 1 aliphatic rings. The molecule has 2 atom stereocenters. The molecule has 1 aliphatic heterocycles. The normalized spacial score (nSPS) is 23.0. The number of ketones is 1. The van der Waals surface area contributed by atoms with Crippen LogP contribution in [0.1, 0.15) is 30.1 Å². The van der Waals surface area contributed by atoms with Gasteiger partial charge in [0.25, 0.3) is 0 Å². The highest BCUT2D eigenvalue weighted by Gasteiger charge is 2.31. The standard InChI is InChI=1S/C14H19NO3/c1-2-17-12-6-4-3-5-11(12)14(16)13-8-7-10(9-15)18-13/h3-6,10,13H,2,7-9,15H2,1H3. The largest absolute Gasteiger partial charge is 0.493 e. The zero-order valence-electron chi connectivity index (χ0n) is 10.6. The molecule has 0 bridgehead atoms. The molecule has 4 heteroatoms. The lowest BCUT2D eigenvalue weighted by Gasteiger charge is -2.14. The van der Waals surface area contributed by atoms with Crippen LogP contribution in [0.2, 0.25) is 0 Å². The molecule has 4 nitrogen and oxygen atoms in total. The summed E-state index contributed by atoms with van der Waals surface area (Å²) in [7, 11) is 0. The fraction of sp³-hybridized carbons (Fsp3) is 0.500. The first kappa shape index (κ1) is 13.1. The molecule has 2 N–H and O–H groups in total. The Morgan fingerprint density at radius 3 is 2.89 bits per heavy atom. The number of benzene rings is 1. The molecular weight excluding hydrogens is 230 g/mol. The molecule has 1 aromatic rings. The first-order valence-corrected chi connectivity index (χ1v) is 6.37. The number of hydrogen-bond acceptors (Lipinski definition) is 4. The van der Waals surface area contributed by atoms with Crippen molar-refractivity contribution in [2.75, 3.05) is 13.2 Å². The summed E-state index contributed by atoms with van der Waals surface area (Å²) in [6.45, 7) is 2.91. The van der Waals surface area contributed by atoms with Crippen LogP contribution in [0.15, 0.2) is 24.3 Å². The van der Waals surface area contributed by atoms with Crippen LogP contribution >= 0.6 is 0 Å². The van der Waals surface area contributed by atoms with Gasteiger partial charge in [0.2, 0.25) is 0 Å². The van der Waals surface area contributed by atoms with Gasteiger partial charge in [-0.1, -0.05) is 12.1 Å². The van der Waals surface area contributed by atoms with Crippen molar-refractivity contribution in [2.45, 2.75) is 32.0 Å². The fourth-order valence-electron chi connectivity index (χ4n) is 2.20. The summed E-state index contributed by atoms with van der Waals surface area (Å²) in [6.07, 6.45) is 1.23. The minimum atomic E-state index is -0.375. The average Bonchev–Trinajstić information content (AvgIpc) is 2.88.